The lowest BCUT2D eigenvalue weighted by Crippen LogP contribution is -2.51. The van der Waals surface area contributed by atoms with Crippen LogP contribution in [-0.4, -0.2) is 42.9 Å². The van der Waals surface area contributed by atoms with E-state index in [0.717, 1.165) is 23.1 Å². The highest BCUT2D eigenvalue weighted by Crippen LogP contribution is 2.11. The molecule has 2 amide bonds. The molecular weight excluding hydrogens is 310 g/mol. The van der Waals surface area contributed by atoms with Crippen LogP contribution in [0.5, 0.6) is 0 Å². The molecule has 0 aliphatic carbocycles. The average molecular weight is 326 g/mol. The molecule has 0 radical (unpaired) electrons. The SMILES string of the molecule is O=C(NCc1cccc(Br)c1)C(=O)N1CCNCC1. The zero-order valence-corrected chi connectivity index (χ0v) is 12.1. The number of nitrogens with zero attached hydrogens (tertiary/aromatic N) is 1. The van der Waals surface area contributed by atoms with Crippen LogP contribution in [0, 0.1) is 0 Å². The Morgan fingerprint density at radius 1 is 1.32 bits per heavy atom. The summed E-state index contributed by atoms with van der Waals surface area (Å²) in [6.45, 7) is 3.01. The third kappa shape index (κ3) is 4.04. The Morgan fingerprint density at radius 2 is 2.05 bits per heavy atom. The van der Waals surface area contributed by atoms with Crippen molar-refractivity contribution in [2.24, 2.45) is 0 Å². The minimum Gasteiger partial charge on any atom is -0.344 e. The quantitative estimate of drug-likeness (QED) is 0.778. The van der Waals surface area contributed by atoms with Gasteiger partial charge >= 0.3 is 11.8 Å². The van der Waals surface area contributed by atoms with Gasteiger partial charge in [0, 0.05) is 37.2 Å². The first-order valence-electron chi connectivity index (χ1n) is 6.19. The molecule has 19 heavy (non-hydrogen) atoms. The van der Waals surface area contributed by atoms with Crippen molar-refractivity contribution in [1.82, 2.24) is 15.5 Å². The predicted molar refractivity (Wildman–Crippen MR) is 75.4 cm³/mol. The number of rotatable bonds is 2. The third-order valence-electron chi connectivity index (χ3n) is 2.94. The molecule has 1 saturated heterocycles. The van der Waals surface area contributed by atoms with Gasteiger partial charge < -0.3 is 15.5 Å². The van der Waals surface area contributed by atoms with E-state index in [-0.39, 0.29) is 0 Å². The van der Waals surface area contributed by atoms with Gasteiger partial charge in [-0.15, -0.1) is 0 Å². The Morgan fingerprint density at radius 3 is 2.74 bits per heavy atom. The predicted octanol–water partition coefficient (Wildman–Crippen LogP) is 0.497. The van der Waals surface area contributed by atoms with Gasteiger partial charge in [0.1, 0.15) is 0 Å². The second kappa shape index (κ2) is 6.68. The van der Waals surface area contributed by atoms with Crippen molar-refractivity contribution in [3.8, 4) is 0 Å². The van der Waals surface area contributed by atoms with Crippen molar-refractivity contribution in [1.29, 1.82) is 0 Å². The highest BCUT2D eigenvalue weighted by Gasteiger charge is 2.22. The van der Waals surface area contributed by atoms with E-state index >= 15 is 0 Å². The summed E-state index contributed by atoms with van der Waals surface area (Å²) in [5.41, 5.74) is 0.954. The number of nitrogens with one attached hydrogen (secondary N) is 2. The van der Waals surface area contributed by atoms with Crippen molar-refractivity contribution >= 4 is 27.7 Å². The maximum absolute atomic E-state index is 11.9. The number of hydrogen-bond donors (Lipinski definition) is 2. The van der Waals surface area contributed by atoms with Gasteiger partial charge in [-0.25, -0.2) is 0 Å². The number of benzene rings is 1. The average Bonchev–Trinajstić information content (AvgIpc) is 2.45. The van der Waals surface area contributed by atoms with Gasteiger partial charge in [-0.1, -0.05) is 28.1 Å². The van der Waals surface area contributed by atoms with Gasteiger partial charge in [-0.05, 0) is 17.7 Å². The summed E-state index contributed by atoms with van der Waals surface area (Å²) in [6, 6.07) is 7.62. The molecule has 1 aliphatic rings. The molecule has 0 unspecified atom stereocenters. The number of carbonyl (C=O) groups excluding carboxylic acids is 2. The van der Waals surface area contributed by atoms with Crippen molar-refractivity contribution in [2.45, 2.75) is 6.54 Å². The van der Waals surface area contributed by atoms with Crippen molar-refractivity contribution in [2.75, 3.05) is 26.2 Å². The topological polar surface area (TPSA) is 61.4 Å². The van der Waals surface area contributed by atoms with Crippen LogP contribution >= 0.6 is 15.9 Å². The van der Waals surface area contributed by atoms with Gasteiger partial charge in [0.05, 0.1) is 0 Å². The maximum atomic E-state index is 11.9. The van der Waals surface area contributed by atoms with E-state index in [9.17, 15) is 9.59 Å². The molecule has 1 aromatic rings. The monoisotopic (exact) mass is 325 g/mol. The fourth-order valence-electron chi connectivity index (χ4n) is 1.92. The molecule has 0 saturated carbocycles. The standard InChI is InChI=1S/C13H16BrN3O2/c14-11-3-1-2-10(8-11)9-16-12(18)13(19)17-6-4-15-5-7-17/h1-3,8,15H,4-7,9H2,(H,16,18). The van der Waals surface area contributed by atoms with E-state index < -0.39 is 11.8 Å². The summed E-state index contributed by atoms with van der Waals surface area (Å²) in [5, 5.41) is 5.79. The zero-order valence-electron chi connectivity index (χ0n) is 10.5. The molecule has 2 N–H and O–H groups in total. The Kier molecular flexibility index (Phi) is 4.93. The molecule has 1 aromatic carbocycles. The molecule has 2 rings (SSSR count). The van der Waals surface area contributed by atoms with Crippen molar-refractivity contribution < 1.29 is 9.59 Å². The zero-order chi connectivity index (χ0) is 13.7. The molecule has 5 nitrogen and oxygen atoms in total. The minimum atomic E-state index is -0.540. The molecule has 0 bridgehead atoms. The molecule has 6 heteroatoms. The van der Waals surface area contributed by atoms with Gasteiger partial charge in [0.25, 0.3) is 0 Å². The number of piperazine rings is 1. The third-order valence-corrected chi connectivity index (χ3v) is 3.43. The van der Waals surface area contributed by atoms with E-state index in [1.807, 2.05) is 24.3 Å². The van der Waals surface area contributed by atoms with E-state index in [2.05, 4.69) is 26.6 Å². The lowest BCUT2D eigenvalue weighted by Gasteiger charge is -2.26. The summed E-state index contributed by atoms with van der Waals surface area (Å²) in [6.07, 6.45) is 0. The first kappa shape index (κ1) is 14.0. The second-order valence-corrected chi connectivity index (χ2v) is 5.27. The van der Waals surface area contributed by atoms with Gasteiger partial charge in [-0.2, -0.15) is 0 Å². The van der Waals surface area contributed by atoms with Gasteiger partial charge in [0.2, 0.25) is 0 Å². The lowest BCUT2D eigenvalue weighted by molar-refractivity contribution is -0.146. The van der Waals surface area contributed by atoms with Crippen LogP contribution < -0.4 is 10.6 Å². The van der Waals surface area contributed by atoms with Crippen LogP contribution in [0.1, 0.15) is 5.56 Å². The molecule has 102 valence electrons. The summed E-state index contributed by atoms with van der Waals surface area (Å²) < 4.78 is 0.952. The molecular formula is C13H16BrN3O2. The van der Waals surface area contributed by atoms with E-state index in [0.29, 0.717) is 19.6 Å². The summed E-state index contributed by atoms with van der Waals surface area (Å²) >= 11 is 3.37. The highest BCUT2D eigenvalue weighted by atomic mass is 79.9. The molecule has 1 aliphatic heterocycles. The fourth-order valence-corrected chi connectivity index (χ4v) is 2.36. The van der Waals surface area contributed by atoms with Gasteiger partial charge in [-0.3, -0.25) is 9.59 Å². The van der Waals surface area contributed by atoms with Crippen LogP contribution in [0.3, 0.4) is 0 Å². The van der Waals surface area contributed by atoms with E-state index in [1.165, 1.54) is 0 Å². The van der Waals surface area contributed by atoms with Crippen LogP contribution in [0.25, 0.3) is 0 Å². The summed E-state index contributed by atoms with van der Waals surface area (Å²) in [4.78, 5) is 25.2. The van der Waals surface area contributed by atoms with Crippen molar-refractivity contribution in [3.63, 3.8) is 0 Å². The number of carbonyl (C=O) groups is 2. The van der Waals surface area contributed by atoms with Gasteiger partial charge in [0.15, 0.2) is 0 Å². The molecule has 0 aromatic heterocycles. The first-order valence-corrected chi connectivity index (χ1v) is 6.98. The minimum absolute atomic E-state index is 0.357. The summed E-state index contributed by atoms with van der Waals surface area (Å²) in [5.74, 6) is -0.988. The normalized spacial score (nSPS) is 15.1. The smallest absolute Gasteiger partial charge is 0.311 e. The summed E-state index contributed by atoms with van der Waals surface area (Å²) in [7, 11) is 0. The highest BCUT2D eigenvalue weighted by molar-refractivity contribution is 9.10. The number of amides is 2. The fraction of sp³-hybridized carbons (Fsp3) is 0.385. The number of hydrogen-bond acceptors (Lipinski definition) is 3. The van der Waals surface area contributed by atoms with Crippen LogP contribution in [-0.2, 0) is 16.1 Å². The first-order chi connectivity index (χ1) is 9.16. The van der Waals surface area contributed by atoms with Crippen molar-refractivity contribution in [3.05, 3.63) is 34.3 Å². The molecule has 0 atom stereocenters. The van der Waals surface area contributed by atoms with E-state index in [1.54, 1.807) is 4.90 Å². The Bertz CT molecular complexity index is 473. The lowest BCUT2D eigenvalue weighted by atomic mass is 10.2. The largest absolute Gasteiger partial charge is 0.344 e. The van der Waals surface area contributed by atoms with Crippen LogP contribution in [0.15, 0.2) is 28.7 Å². The Hall–Kier alpha value is -1.40. The molecule has 0 spiro atoms. The Balaban J connectivity index is 1.85. The Labute approximate surface area is 120 Å². The second-order valence-electron chi connectivity index (χ2n) is 4.35. The number of halogens is 1. The van der Waals surface area contributed by atoms with Crippen LogP contribution in [0.4, 0.5) is 0 Å². The van der Waals surface area contributed by atoms with Crippen LogP contribution in [0.2, 0.25) is 0 Å². The maximum Gasteiger partial charge on any atom is 0.311 e. The molecule has 1 heterocycles. The molecule has 1 fully saturated rings. The van der Waals surface area contributed by atoms with E-state index in [4.69, 9.17) is 0 Å².